The van der Waals surface area contributed by atoms with E-state index in [1.165, 1.54) is 12.1 Å². The molecule has 0 fully saturated rings. The molecule has 0 aromatic heterocycles. The highest BCUT2D eigenvalue weighted by atomic mass is 79.9. The van der Waals surface area contributed by atoms with E-state index in [-0.39, 0.29) is 29.2 Å². The van der Waals surface area contributed by atoms with Gasteiger partial charge in [0.25, 0.3) is 0 Å². The van der Waals surface area contributed by atoms with Gasteiger partial charge in [0, 0.05) is 11.1 Å². The largest absolute Gasteiger partial charge is 0.441 e. The van der Waals surface area contributed by atoms with Crippen molar-refractivity contribution in [3.05, 3.63) is 35.6 Å². The molecule has 1 aromatic rings. The fraction of sp³-hybridized carbons (Fsp3) is 0.500. The minimum atomic E-state index is -4.16. The minimum Gasteiger partial charge on any atom is -0.207 e. The summed E-state index contributed by atoms with van der Waals surface area (Å²) in [7, 11) is 0. The van der Waals surface area contributed by atoms with Crippen molar-refractivity contribution in [2.75, 3.05) is 11.1 Å². The molecule has 0 saturated carbocycles. The van der Waals surface area contributed by atoms with Gasteiger partial charge in [-0.3, -0.25) is 0 Å². The van der Waals surface area contributed by atoms with Gasteiger partial charge in [-0.05, 0) is 36.5 Å². The van der Waals surface area contributed by atoms with E-state index < -0.39 is 5.51 Å². The van der Waals surface area contributed by atoms with Crippen LogP contribution in [-0.4, -0.2) is 16.6 Å². The first kappa shape index (κ1) is 15.8. The summed E-state index contributed by atoms with van der Waals surface area (Å²) in [6, 6.07) is 6.07. The molecule has 102 valence electrons. The fourth-order valence-electron chi connectivity index (χ4n) is 1.53. The Morgan fingerprint density at radius 3 is 2.28 bits per heavy atom. The molecule has 18 heavy (non-hydrogen) atoms. The van der Waals surface area contributed by atoms with E-state index >= 15 is 0 Å². The molecule has 1 aromatic carbocycles. The summed E-state index contributed by atoms with van der Waals surface area (Å²) in [5.41, 5.74) is -3.22. The van der Waals surface area contributed by atoms with E-state index in [4.69, 9.17) is 0 Å². The van der Waals surface area contributed by atoms with Crippen molar-refractivity contribution in [3.8, 4) is 0 Å². The summed E-state index contributed by atoms with van der Waals surface area (Å²) in [6.45, 7) is 0. The van der Waals surface area contributed by atoms with Crippen molar-refractivity contribution in [1.82, 2.24) is 0 Å². The van der Waals surface area contributed by atoms with Crippen LogP contribution < -0.4 is 0 Å². The van der Waals surface area contributed by atoms with Crippen LogP contribution in [-0.2, 0) is 6.42 Å². The lowest BCUT2D eigenvalue weighted by Gasteiger charge is -2.14. The number of hydrogen-bond donors (Lipinski definition) is 0. The van der Waals surface area contributed by atoms with Gasteiger partial charge in [-0.15, -0.1) is 0 Å². The molecule has 1 rings (SSSR count). The molecule has 0 amide bonds. The number of benzene rings is 1. The van der Waals surface area contributed by atoms with Crippen LogP contribution in [0.1, 0.15) is 12.0 Å². The first-order valence-corrected chi connectivity index (χ1v) is 7.52. The van der Waals surface area contributed by atoms with Crippen molar-refractivity contribution in [3.63, 3.8) is 0 Å². The summed E-state index contributed by atoms with van der Waals surface area (Å²) in [4.78, 5) is 0. The summed E-state index contributed by atoms with van der Waals surface area (Å²) in [5.74, 6) is -0.117. The lowest BCUT2D eigenvalue weighted by atomic mass is 9.99. The molecule has 0 aliphatic heterocycles. The Morgan fingerprint density at radius 2 is 1.78 bits per heavy atom. The number of hydrogen-bond acceptors (Lipinski definition) is 1. The van der Waals surface area contributed by atoms with Gasteiger partial charge in [0.05, 0.1) is 0 Å². The topological polar surface area (TPSA) is 0 Å². The molecule has 1 atom stereocenters. The number of halogens is 5. The molecule has 0 saturated heterocycles. The predicted octanol–water partition coefficient (Wildman–Crippen LogP) is 5.02. The monoisotopic (exact) mass is 344 g/mol. The van der Waals surface area contributed by atoms with Crippen LogP contribution in [0.25, 0.3) is 0 Å². The molecule has 0 aliphatic carbocycles. The standard InChI is InChI=1S/C12H13BrF4S/c13-8-10(5-6-18-12(15,16)17)7-9-1-3-11(14)4-2-9/h1-4,10H,5-8H2. The molecule has 0 bridgehead atoms. The maximum atomic E-state index is 12.7. The van der Waals surface area contributed by atoms with Crippen LogP contribution in [0.2, 0.25) is 0 Å². The van der Waals surface area contributed by atoms with Crippen LogP contribution in [0.3, 0.4) is 0 Å². The van der Waals surface area contributed by atoms with Gasteiger partial charge in [0.2, 0.25) is 0 Å². The van der Waals surface area contributed by atoms with Crippen LogP contribution in [0, 0.1) is 11.7 Å². The van der Waals surface area contributed by atoms with Gasteiger partial charge in [-0.1, -0.05) is 39.8 Å². The average molecular weight is 345 g/mol. The van der Waals surface area contributed by atoms with Crippen LogP contribution in [0.4, 0.5) is 17.6 Å². The zero-order chi connectivity index (χ0) is 13.6. The zero-order valence-electron chi connectivity index (χ0n) is 9.51. The zero-order valence-corrected chi connectivity index (χ0v) is 11.9. The molecular formula is C12H13BrF4S. The summed E-state index contributed by atoms with van der Waals surface area (Å²) >= 11 is 3.31. The highest BCUT2D eigenvalue weighted by Crippen LogP contribution is 2.31. The van der Waals surface area contributed by atoms with Crippen LogP contribution in [0.15, 0.2) is 24.3 Å². The number of thioether (sulfide) groups is 1. The first-order valence-electron chi connectivity index (χ1n) is 5.42. The number of alkyl halides is 4. The van der Waals surface area contributed by atoms with Crippen molar-refractivity contribution < 1.29 is 17.6 Å². The molecule has 0 aliphatic rings. The van der Waals surface area contributed by atoms with Crippen molar-refractivity contribution in [2.45, 2.75) is 18.3 Å². The smallest absolute Gasteiger partial charge is 0.207 e. The lowest BCUT2D eigenvalue weighted by molar-refractivity contribution is -0.0328. The molecule has 6 heteroatoms. The average Bonchev–Trinajstić information content (AvgIpc) is 2.29. The van der Waals surface area contributed by atoms with E-state index in [0.717, 1.165) is 5.56 Å². The van der Waals surface area contributed by atoms with Gasteiger partial charge in [0.15, 0.2) is 0 Å². The second-order valence-corrected chi connectivity index (χ2v) is 5.74. The molecule has 0 N–H and O–H groups in total. The Morgan fingerprint density at radius 1 is 1.17 bits per heavy atom. The summed E-state index contributed by atoms with van der Waals surface area (Å²) in [5, 5.41) is 0.642. The molecule has 1 unspecified atom stereocenters. The second kappa shape index (κ2) is 7.38. The third-order valence-corrected chi connectivity index (χ3v) is 4.13. The quantitative estimate of drug-likeness (QED) is 0.515. The number of rotatable bonds is 6. The van der Waals surface area contributed by atoms with Crippen LogP contribution >= 0.6 is 27.7 Å². The second-order valence-electron chi connectivity index (χ2n) is 3.93. The Hall–Kier alpha value is -0.230. The van der Waals surface area contributed by atoms with Gasteiger partial charge >= 0.3 is 5.51 Å². The molecule has 0 nitrogen and oxygen atoms in total. The molecule has 0 heterocycles. The Bertz CT molecular complexity index is 350. The molecule has 0 spiro atoms. The lowest BCUT2D eigenvalue weighted by Crippen LogP contribution is -2.10. The predicted molar refractivity (Wildman–Crippen MR) is 70.5 cm³/mol. The fourth-order valence-corrected chi connectivity index (χ4v) is 2.76. The SMILES string of the molecule is Fc1ccc(CC(CBr)CCSC(F)(F)F)cc1. The third-order valence-electron chi connectivity index (χ3n) is 2.45. The van der Waals surface area contributed by atoms with Crippen molar-refractivity contribution in [1.29, 1.82) is 0 Å². The first-order chi connectivity index (χ1) is 8.40. The third kappa shape index (κ3) is 6.64. The Balaban J connectivity index is 2.40. The maximum Gasteiger partial charge on any atom is 0.441 e. The van der Waals surface area contributed by atoms with Crippen molar-refractivity contribution in [2.24, 2.45) is 5.92 Å². The van der Waals surface area contributed by atoms with Gasteiger partial charge in [0.1, 0.15) is 5.82 Å². The highest BCUT2D eigenvalue weighted by molar-refractivity contribution is 9.09. The van der Waals surface area contributed by atoms with Gasteiger partial charge < -0.3 is 0 Å². The van der Waals surface area contributed by atoms with Crippen molar-refractivity contribution >= 4 is 27.7 Å². The maximum absolute atomic E-state index is 12.7. The van der Waals surface area contributed by atoms with E-state index in [9.17, 15) is 17.6 Å². The summed E-state index contributed by atoms with van der Waals surface area (Å²) < 4.78 is 48.7. The van der Waals surface area contributed by atoms with E-state index in [1.54, 1.807) is 12.1 Å². The Kier molecular flexibility index (Phi) is 6.49. The van der Waals surface area contributed by atoms with E-state index in [1.807, 2.05) is 0 Å². The van der Waals surface area contributed by atoms with Gasteiger partial charge in [-0.2, -0.15) is 13.2 Å². The highest BCUT2D eigenvalue weighted by Gasteiger charge is 2.27. The minimum absolute atomic E-state index is 0.00944. The van der Waals surface area contributed by atoms with Crippen LogP contribution in [0.5, 0.6) is 0 Å². The normalized spacial score (nSPS) is 13.6. The van der Waals surface area contributed by atoms with E-state index in [2.05, 4.69) is 15.9 Å². The Labute approximate surface area is 116 Å². The van der Waals surface area contributed by atoms with Gasteiger partial charge in [-0.25, -0.2) is 4.39 Å². The molecular weight excluding hydrogens is 332 g/mol. The summed E-state index contributed by atoms with van der Waals surface area (Å²) in [6.07, 6.45) is 1.14. The van der Waals surface area contributed by atoms with E-state index in [0.29, 0.717) is 18.2 Å². The molecule has 0 radical (unpaired) electrons.